The smallest absolute Gasteiger partial charge is 0.410 e. The van der Waals surface area contributed by atoms with E-state index in [1.54, 1.807) is 4.90 Å². The molecule has 2 amide bonds. The number of hydrogen-bond acceptors (Lipinski definition) is 3. The molecule has 0 spiro atoms. The lowest BCUT2D eigenvalue weighted by atomic mass is 10.00. The highest BCUT2D eigenvalue weighted by molar-refractivity contribution is 5.86. The van der Waals surface area contributed by atoms with Crippen LogP contribution < -0.4 is 0 Å². The summed E-state index contributed by atoms with van der Waals surface area (Å²) in [6.07, 6.45) is 5.63. The number of likely N-dealkylation sites (tertiary alicyclic amines) is 2. The Labute approximate surface area is 143 Å². The van der Waals surface area contributed by atoms with Crippen molar-refractivity contribution in [2.75, 3.05) is 19.6 Å². The van der Waals surface area contributed by atoms with Crippen LogP contribution >= 0.6 is 0 Å². The Morgan fingerprint density at radius 2 is 1.67 bits per heavy atom. The highest BCUT2D eigenvalue weighted by atomic mass is 16.6. The highest BCUT2D eigenvalue weighted by Gasteiger charge is 2.35. The molecule has 0 unspecified atom stereocenters. The van der Waals surface area contributed by atoms with E-state index in [1.807, 2.05) is 35.2 Å². The Morgan fingerprint density at radius 1 is 0.958 bits per heavy atom. The molecule has 2 saturated heterocycles. The summed E-state index contributed by atoms with van der Waals surface area (Å²) in [7, 11) is 0. The first-order valence-corrected chi connectivity index (χ1v) is 9.02. The second-order valence-electron chi connectivity index (χ2n) is 6.63. The molecule has 0 aromatic heterocycles. The van der Waals surface area contributed by atoms with Crippen LogP contribution in [-0.4, -0.2) is 47.5 Å². The molecule has 5 nitrogen and oxygen atoms in total. The van der Waals surface area contributed by atoms with E-state index >= 15 is 0 Å². The standard InChI is InChI=1S/C19H26N2O3/c22-18(20-12-6-2-7-13-20)17-11-5-8-14-21(17)19(23)24-15-16-9-3-1-4-10-16/h1,3-4,9-10,17H,2,5-8,11-15H2/t17-/m0/s1. The summed E-state index contributed by atoms with van der Waals surface area (Å²) in [5, 5.41) is 0. The molecule has 1 aromatic carbocycles. The van der Waals surface area contributed by atoms with Gasteiger partial charge in [-0.25, -0.2) is 4.79 Å². The number of rotatable bonds is 3. The van der Waals surface area contributed by atoms with Crippen LogP contribution in [0.2, 0.25) is 0 Å². The van der Waals surface area contributed by atoms with Crippen LogP contribution in [0.1, 0.15) is 44.1 Å². The van der Waals surface area contributed by atoms with Crippen molar-refractivity contribution < 1.29 is 14.3 Å². The Bertz CT molecular complexity index is 555. The van der Waals surface area contributed by atoms with E-state index in [0.29, 0.717) is 6.54 Å². The zero-order chi connectivity index (χ0) is 16.8. The van der Waals surface area contributed by atoms with Crippen molar-refractivity contribution in [3.8, 4) is 0 Å². The van der Waals surface area contributed by atoms with Gasteiger partial charge in [0.2, 0.25) is 5.91 Å². The van der Waals surface area contributed by atoms with Crippen LogP contribution in [-0.2, 0) is 16.1 Å². The van der Waals surface area contributed by atoms with Gasteiger partial charge in [-0.05, 0) is 44.1 Å². The van der Waals surface area contributed by atoms with Crippen LogP contribution in [0.5, 0.6) is 0 Å². The molecule has 3 rings (SSSR count). The maximum absolute atomic E-state index is 12.8. The van der Waals surface area contributed by atoms with Gasteiger partial charge in [-0.1, -0.05) is 30.3 Å². The van der Waals surface area contributed by atoms with E-state index in [9.17, 15) is 9.59 Å². The zero-order valence-electron chi connectivity index (χ0n) is 14.2. The molecule has 1 atom stereocenters. The van der Waals surface area contributed by atoms with Crippen molar-refractivity contribution in [2.45, 2.75) is 51.2 Å². The van der Waals surface area contributed by atoms with Gasteiger partial charge in [0.25, 0.3) is 0 Å². The van der Waals surface area contributed by atoms with Crippen LogP contribution in [0.25, 0.3) is 0 Å². The van der Waals surface area contributed by atoms with Crippen LogP contribution in [0.3, 0.4) is 0 Å². The summed E-state index contributed by atoms with van der Waals surface area (Å²) in [4.78, 5) is 28.9. The molecule has 0 N–H and O–H groups in total. The van der Waals surface area contributed by atoms with E-state index in [4.69, 9.17) is 4.74 Å². The Hall–Kier alpha value is -2.04. The molecule has 2 aliphatic heterocycles. The first-order chi connectivity index (χ1) is 11.8. The van der Waals surface area contributed by atoms with Gasteiger partial charge < -0.3 is 9.64 Å². The average molecular weight is 330 g/mol. The van der Waals surface area contributed by atoms with Gasteiger partial charge in [0.15, 0.2) is 0 Å². The fraction of sp³-hybridized carbons (Fsp3) is 0.579. The molecule has 0 radical (unpaired) electrons. The number of hydrogen-bond donors (Lipinski definition) is 0. The lowest BCUT2D eigenvalue weighted by Crippen LogP contribution is -2.54. The third-order valence-electron chi connectivity index (χ3n) is 4.90. The minimum atomic E-state index is -0.367. The number of carbonyl (C=O) groups excluding carboxylic acids is 2. The summed E-state index contributed by atoms with van der Waals surface area (Å²) in [6.45, 7) is 2.50. The molecule has 5 heteroatoms. The maximum Gasteiger partial charge on any atom is 0.410 e. The molecule has 1 aromatic rings. The Balaban J connectivity index is 1.60. The van der Waals surface area contributed by atoms with Crippen LogP contribution in [0, 0.1) is 0 Å². The quantitative estimate of drug-likeness (QED) is 0.855. The molecule has 2 fully saturated rings. The number of nitrogens with zero attached hydrogens (tertiary/aromatic N) is 2. The van der Waals surface area contributed by atoms with Crippen molar-refractivity contribution in [3.63, 3.8) is 0 Å². The highest BCUT2D eigenvalue weighted by Crippen LogP contribution is 2.22. The zero-order valence-corrected chi connectivity index (χ0v) is 14.2. The van der Waals surface area contributed by atoms with E-state index in [2.05, 4.69) is 0 Å². The number of amides is 2. The lowest BCUT2D eigenvalue weighted by molar-refractivity contribution is -0.138. The maximum atomic E-state index is 12.8. The van der Waals surface area contributed by atoms with Crippen LogP contribution in [0.15, 0.2) is 30.3 Å². The molecule has 0 bridgehead atoms. The van der Waals surface area contributed by atoms with Crippen molar-refractivity contribution in [1.82, 2.24) is 9.80 Å². The van der Waals surface area contributed by atoms with Crippen molar-refractivity contribution in [3.05, 3.63) is 35.9 Å². The summed E-state index contributed by atoms with van der Waals surface area (Å²) in [5.74, 6) is 0.103. The topological polar surface area (TPSA) is 49.9 Å². The predicted molar refractivity (Wildman–Crippen MR) is 91.4 cm³/mol. The van der Waals surface area contributed by atoms with Crippen molar-refractivity contribution >= 4 is 12.0 Å². The van der Waals surface area contributed by atoms with E-state index in [0.717, 1.165) is 50.8 Å². The molecule has 130 valence electrons. The van der Waals surface area contributed by atoms with Gasteiger partial charge in [0.1, 0.15) is 12.6 Å². The molecule has 2 heterocycles. The third-order valence-corrected chi connectivity index (χ3v) is 4.90. The molecular formula is C19H26N2O3. The van der Waals surface area contributed by atoms with Gasteiger partial charge in [0, 0.05) is 19.6 Å². The monoisotopic (exact) mass is 330 g/mol. The van der Waals surface area contributed by atoms with Crippen molar-refractivity contribution in [2.24, 2.45) is 0 Å². The first kappa shape index (κ1) is 16.8. The van der Waals surface area contributed by atoms with Crippen molar-refractivity contribution in [1.29, 1.82) is 0 Å². The van der Waals surface area contributed by atoms with Gasteiger partial charge in [0.05, 0.1) is 0 Å². The number of piperidine rings is 2. The Kier molecular flexibility index (Phi) is 5.72. The largest absolute Gasteiger partial charge is 0.445 e. The van der Waals surface area contributed by atoms with E-state index in [1.165, 1.54) is 6.42 Å². The SMILES string of the molecule is O=C([C@@H]1CCCCN1C(=O)OCc1ccccc1)N1CCCCC1. The number of benzene rings is 1. The minimum absolute atomic E-state index is 0.103. The number of carbonyl (C=O) groups is 2. The second kappa shape index (κ2) is 8.18. The molecule has 2 aliphatic rings. The minimum Gasteiger partial charge on any atom is -0.445 e. The first-order valence-electron chi connectivity index (χ1n) is 9.02. The van der Waals surface area contributed by atoms with Gasteiger partial charge in [-0.3, -0.25) is 9.69 Å². The van der Waals surface area contributed by atoms with Gasteiger partial charge >= 0.3 is 6.09 Å². The molecule has 0 aliphatic carbocycles. The summed E-state index contributed by atoms with van der Waals surface area (Å²) in [6, 6.07) is 9.29. The molecule has 24 heavy (non-hydrogen) atoms. The molecule has 0 saturated carbocycles. The fourth-order valence-electron chi connectivity index (χ4n) is 3.53. The Morgan fingerprint density at radius 3 is 2.42 bits per heavy atom. The second-order valence-corrected chi connectivity index (χ2v) is 6.63. The van der Waals surface area contributed by atoms with E-state index < -0.39 is 0 Å². The summed E-state index contributed by atoms with van der Waals surface area (Å²) < 4.78 is 5.45. The molecular weight excluding hydrogens is 304 g/mol. The van der Waals surface area contributed by atoms with Crippen LogP contribution in [0.4, 0.5) is 4.79 Å². The van der Waals surface area contributed by atoms with E-state index in [-0.39, 0.29) is 24.6 Å². The fourth-order valence-corrected chi connectivity index (χ4v) is 3.53. The summed E-state index contributed by atoms with van der Waals surface area (Å²) >= 11 is 0. The lowest BCUT2D eigenvalue weighted by Gasteiger charge is -2.38. The van der Waals surface area contributed by atoms with Gasteiger partial charge in [-0.2, -0.15) is 0 Å². The normalized spacial score (nSPS) is 21.4. The predicted octanol–water partition coefficient (Wildman–Crippen LogP) is 3.19. The average Bonchev–Trinajstić information content (AvgIpc) is 2.67. The van der Waals surface area contributed by atoms with Gasteiger partial charge in [-0.15, -0.1) is 0 Å². The number of ether oxygens (including phenoxy) is 1. The third kappa shape index (κ3) is 4.08. The summed E-state index contributed by atoms with van der Waals surface area (Å²) in [5.41, 5.74) is 0.960.